The van der Waals surface area contributed by atoms with Crippen LogP contribution in [0.2, 0.25) is 0 Å². The van der Waals surface area contributed by atoms with Crippen molar-refractivity contribution in [2.24, 2.45) is 0 Å². The van der Waals surface area contributed by atoms with Gasteiger partial charge in [0.25, 0.3) is 11.8 Å². The van der Waals surface area contributed by atoms with Crippen LogP contribution in [0, 0.1) is 0 Å². The minimum Gasteiger partial charge on any atom is -0.379 e. The van der Waals surface area contributed by atoms with Crippen LogP contribution in [-0.2, 0) is 54.3 Å². The molecular formula is C27H35N6O10P. The summed E-state index contributed by atoms with van der Waals surface area (Å²) in [6, 6.07) is 7.75. The van der Waals surface area contributed by atoms with Gasteiger partial charge in [-0.25, -0.2) is 0 Å². The van der Waals surface area contributed by atoms with Gasteiger partial charge in [-0.05, 0) is 5.56 Å². The van der Waals surface area contributed by atoms with E-state index in [1.54, 1.807) is 30.3 Å². The molecule has 17 heteroatoms. The van der Waals surface area contributed by atoms with Crippen LogP contribution in [0.3, 0.4) is 0 Å². The summed E-state index contributed by atoms with van der Waals surface area (Å²) in [5.74, 6) is -3.91. The molecule has 0 saturated carbocycles. The quantitative estimate of drug-likeness (QED) is 0.0421. The molecule has 2 rings (SSSR count). The fraction of sp³-hybridized carbons (Fsp3) is 0.407. The number of rotatable bonds is 20. The number of nitrogens with zero attached hydrogens (tertiary/aromatic N) is 1. The first-order chi connectivity index (χ1) is 21.0. The number of imide groups is 1. The second-order valence-corrected chi connectivity index (χ2v) is 9.81. The first-order valence-corrected chi connectivity index (χ1v) is 14.0. The van der Waals surface area contributed by atoms with Crippen molar-refractivity contribution in [3.8, 4) is 0 Å². The van der Waals surface area contributed by atoms with E-state index in [2.05, 4.69) is 26.6 Å². The van der Waals surface area contributed by atoms with E-state index >= 15 is 0 Å². The zero-order valence-electron chi connectivity index (χ0n) is 23.8. The molecule has 0 bridgehead atoms. The van der Waals surface area contributed by atoms with Gasteiger partial charge < -0.3 is 36.1 Å². The molecule has 0 spiro atoms. The van der Waals surface area contributed by atoms with Crippen molar-refractivity contribution in [2.45, 2.75) is 18.9 Å². The molecule has 0 fully saturated rings. The Bertz CT molecular complexity index is 1220. The van der Waals surface area contributed by atoms with Crippen LogP contribution in [0.1, 0.15) is 12.0 Å². The number of hydrogen-bond donors (Lipinski definition) is 5. The molecule has 1 aromatic rings. The first-order valence-electron chi connectivity index (χ1n) is 13.4. The Kier molecular flexibility index (Phi) is 15.9. The summed E-state index contributed by atoms with van der Waals surface area (Å²) in [5, 5.41) is 12.0. The summed E-state index contributed by atoms with van der Waals surface area (Å²) in [6.45, 7) is -1.62. The average Bonchev–Trinajstić information content (AvgIpc) is 3.32. The number of hydrogen-bond acceptors (Lipinski definition) is 10. The minimum atomic E-state index is -1.07. The Morgan fingerprint density at radius 3 is 2.05 bits per heavy atom. The largest absolute Gasteiger partial charge is 0.379 e. The predicted molar refractivity (Wildman–Crippen MR) is 156 cm³/mol. The highest BCUT2D eigenvalue weighted by Crippen LogP contribution is 2.04. The van der Waals surface area contributed by atoms with Gasteiger partial charge in [-0.15, -0.1) is 0 Å². The zero-order valence-corrected chi connectivity index (χ0v) is 25.0. The van der Waals surface area contributed by atoms with Crippen molar-refractivity contribution in [3.05, 3.63) is 48.0 Å². The van der Waals surface area contributed by atoms with E-state index < -0.39 is 67.0 Å². The molecule has 2 atom stereocenters. The van der Waals surface area contributed by atoms with Crippen molar-refractivity contribution >= 4 is 56.1 Å². The monoisotopic (exact) mass is 634 g/mol. The van der Waals surface area contributed by atoms with Crippen LogP contribution < -0.4 is 26.6 Å². The second-order valence-electron chi connectivity index (χ2n) is 9.16. The third kappa shape index (κ3) is 14.6. The van der Waals surface area contributed by atoms with E-state index in [1.807, 2.05) is 9.24 Å². The highest BCUT2D eigenvalue weighted by atomic mass is 31.0. The highest BCUT2D eigenvalue weighted by Gasteiger charge is 2.23. The lowest BCUT2D eigenvalue weighted by atomic mass is 10.1. The zero-order chi connectivity index (χ0) is 32.3. The summed E-state index contributed by atoms with van der Waals surface area (Å²) >= 11 is 0. The van der Waals surface area contributed by atoms with Crippen molar-refractivity contribution in [2.75, 3.05) is 52.7 Å². The first kappa shape index (κ1) is 35.7. The fourth-order valence-electron chi connectivity index (χ4n) is 3.52. The van der Waals surface area contributed by atoms with Crippen LogP contribution in [0.4, 0.5) is 0 Å². The molecule has 1 heterocycles. The summed E-state index contributed by atoms with van der Waals surface area (Å²) in [4.78, 5) is 96.0. The predicted octanol–water partition coefficient (Wildman–Crippen LogP) is -3.11. The maximum atomic E-state index is 12.8. The van der Waals surface area contributed by atoms with Crippen LogP contribution in [0.25, 0.3) is 0 Å². The second kappa shape index (κ2) is 19.6. The Morgan fingerprint density at radius 2 is 1.36 bits per heavy atom. The molecule has 44 heavy (non-hydrogen) atoms. The van der Waals surface area contributed by atoms with E-state index in [4.69, 9.17) is 9.47 Å². The number of amides is 7. The van der Waals surface area contributed by atoms with Gasteiger partial charge >= 0.3 is 0 Å². The lowest BCUT2D eigenvalue weighted by molar-refractivity contribution is -0.138. The molecular weight excluding hydrogens is 599 g/mol. The lowest BCUT2D eigenvalue weighted by Crippen LogP contribution is -2.52. The van der Waals surface area contributed by atoms with Crippen LogP contribution in [0.5, 0.6) is 0 Å². The van der Waals surface area contributed by atoms with Crippen LogP contribution >= 0.6 is 9.24 Å². The Labute approximate surface area is 255 Å². The average molecular weight is 635 g/mol. The molecule has 1 aliphatic rings. The van der Waals surface area contributed by atoms with Gasteiger partial charge in [-0.1, -0.05) is 39.6 Å². The van der Waals surface area contributed by atoms with Crippen LogP contribution in [-0.4, -0.2) is 111 Å². The van der Waals surface area contributed by atoms with Crippen molar-refractivity contribution in [1.82, 2.24) is 31.5 Å². The molecule has 2 unspecified atom stereocenters. The van der Waals surface area contributed by atoms with Crippen molar-refractivity contribution in [3.63, 3.8) is 0 Å². The minimum absolute atomic E-state index is 0.00108. The third-order valence-electron chi connectivity index (χ3n) is 5.70. The Hall–Kier alpha value is -4.53. The van der Waals surface area contributed by atoms with Gasteiger partial charge in [-0.2, -0.15) is 0 Å². The normalized spacial score (nSPS) is 12.8. The van der Waals surface area contributed by atoms with Crippen molar-refractivity contribution in [1.29, 1.82) is 0 Å². The summed E-state index contributed by atoms with van der Waals surface area (Å²) < 4.78 is 10.2. The van der Waals surface area contributed by atoms with Gasteiger partial charge in [-0.3, -0.25) is 43.3 Å². The Balaban J connectivity index is 1.69. The van der Waals surface area contributed by atoms with Gasteiger partial charge in [0.15, 0.2) is 5.52 Å². The van der Waals surface area contributed by atoms with Gasteiger partial charge in [0.2, 0.25) is 29.5 Å². The number of carbonyl (C=O) groups excluding carboxylic acids is 8. The number of ether oxygens (including phenoxy) is 2. The van der Waals surface area contributed by atoms with E-state index in [0.717, 1.165) is 22.6 Å². The third-order valence-corrected chi connectivity index (χ3v) is 5.87. The standard InChI is InChI=1S/C27H35N6O10P/c34-20(8-10-42-11-9-33-24(38)6-7-25(33)39)28-13-21(35)29-15-23(37)32-19(12-18-4-2-1-3-5-18)27(41)30-14-22(36)31-17-43-16-26(40)44/h1-7,19H,8-17,44H2,(H,28,34)(H,29,35)(H,30,41)(H,31,36)(H,32,37). The van der Waals surface area contributed by atoms with Gasteiger partial charge in [0, 0.05) is 25.0 Å². The van der Waals surface area contributed by atoms with E-state index in [9.17, 15) is 38.4 Å². The lowest BCUT2D eigenvalue weighted by Gasteiger charge is -2.19. The van der Waals surface area contributed by atoms with Gasteiger partial charge in [0.05, 0.1) is 39.4 Å². The molecule has 0 aromatic heterocycles. The summed E-state index contributed by atoms with van der Waals surface area (Å²) in [6.07, 6.45) is 2.35. The molecule has 5 N–H and O–H groups in total. The number of carbonyl (C=O) groups is 8. The molecule has 7 amide bonds. The summed E-state index contributed by atoms with van der Waals surface area (Å²) in [7, 11) is 1.93. The Morgan fingerprint density at radius 1 is 0.750 bits per heavy atom. The number of nitrogens with one attached hydrogen (secondary N) is 5. The molecule has 0 radical (unpaired) electrons. The maximum absolute atomic E-state index is 12.8. The molecule has 0 saturated heterocycles. The highest BCUT2D eigenvalue weighted by molar-refractivity contribution is 7.40. The SMILES string of the molecule is O=C(P)COCNC(=O)CNC(=O)C(Cc1ccccc1)NC(=O)CNC(=O)CNC(=O)CCOCCN1C(=O)C=CC1=O. The molecule has 238 valence electrons. The summed E-state index contributed by atoms with van der Waals surface area (Å²) in [5.41, 5.74) is 0.441. The fourth-order valence-corrected chi connectivity index (χ4v) is 3.64. The van der Waals surface area contributed by atoms with E-state index in [0.29, 0.717) is 0 Å². The molecule has 16 nitrogen and oxygen atoms in total. The van der Waals surface area contributed by atoms with E-state index in [-0.39, 0.29) is 51.5 Å². The topological polar surface area (TPSA) is 218 Å². The molecule has 1 aromatic carbocycles. The smallest absolute Gasteiger partial charge is 0.253 e. The van der Waals surface area contributed by atoms with Gasteiger partial charge in [0.1, 0.15) is 19.4 Å². The van der Waals surface area contributed by atoms with Crippen molar-refractivity contribution < 1.29 is 47.8 Å². The molecule has 0 aliphatic carbocycles. The molecule has 1 aliphatic heterocycles. The maximum Gasteiger partial charge on any atom is 0.253 e. The van der Waals surface area contributed by atoms with Crippen LogP contribution in [0.15, 0.2) is 42.5 Å². The van der Waals surface area contributed by atoms with E-state index in [1.165, 1.54) is 0 Å². The number of benzene rings is 1.